The molecule has 0 aromatic heterocycles. The van der Waals surface area contributed by atoms with Gasteiger partial charge in [0.2, 0.25) is 0 Å². The Morgan fingerprint density at radius 1 is 0.388 bits per heavy atom. The summed E-state index contributed by atoms with van der Waals surface area (Å²) in [6.45, 7) is 23.9. The van der Waals surface area contributed by atoms with Gasteiger partial charge in [-0.3, -0.25) is 19.6 Å². The first-order valence-electron chi connectivity index (χ1n) is 17.6. The van der Waals surface area contributed by atoms with Crippen LogP contribution < -0.4 is 0 Å². The van der Waals surface area contributed by atoms with Crippen molar-refractivity contribution in [2.45, 2.75) is 79.6 Å². The molecule has 49 heavy (non-hydrogen) atoms. The molecule has 6 rings (SSSR count). The Bertz CT molecular complexity index is 1240. The van der Waals surface area contributed by atoms with Gasteiger partial charge in [0, 0.05) is 52.4 Å². The molecule has 4 nitrogen and oxygen atoms in total. The minimum atomic E-state index is -0.106. The molecule has 7 heteroatoms. The van der Waals surface area contributed by atoms with E-state index in [1.807, 2.05) is 0 Å². The van der Waals surface area contributed by atoms with E-state index in [0.717, 1.165) is 78.0 Å². The van der Waals surface area contributed by atoms with Crippen LogP contribution in [0.5, 0.6) is 0 Å². The molecule has 264 valence electrons. The molecule has 0 N–H and O–H groups in total. The summed E-state index contributed by atoms with van der Waals surface area (Å²) in [7, 11) is 9.63. The molecule has 0 aliphatic carbocycles. The minimum absolute atomic E-state index is 0.106. The zero-order valence-electron chi connectivity index (χ0n) is 29.6. The third kappa shape index (κ3) is 13.9. The third-order valence-electron chi connectivity index (χ3n) is 9.06. The van der Waals surface area contributed by atoms with Crippen LogP contribution in [0.4, 0.5) is 0 Å². The van der Waals surface area contributed by atoms with E-state index in [1.165, 1.54) is 44.5 Å². The fourth-order valence-corrected chi connectivity index (χ4v) is 5.94. The van der Waals surface area contributed by atoms with Crippen molar-refractivity contribution in [1.82, 2.24) is 19.6 Å². The average molecular weight is 790 g/mol. The van der Waals surface area contributed by atoms with Gasteiger partial charge in [-0.1, -0.05) is 125 Å². The maximum absolute atomic E-state index is 4.81. The number of hydrogen-bond donors (Lipinski definition) is 0. The van der Waals surface area contributed by atoms with Gasteiger partial charge in [-0.05, 0) is 70.2 Å². The zero-order chi connectivity index (χ0) is 34.8. The zero-order valence-corrected chi connectivity index (χ0v) is 32.7. The summed E-state index contributed by atoms with van der Waals surface area (Å²) in [5.41, 5.74) is 11.1. The second-order valence-corrected chi connectivity index (χ2v) is 15.0. The molecule has 4 radical (unpaired) electrons. The van der Waals surface area contributed by atoms with Crippen LogP contribution in [-0.4, -0.2) is 45.8 Å². The average Bonchev–Trinajstić information content (AvgIpc) is 3.78. The number of aryl methyl sites for hydroxylation is 4. The van der Waals surface area contributed by atoms with Crippen molar-refractivity contribution in [2.75, 3.05) is 26.2 Å². The molecule has 2 saturated heterocycles. The predicted octanol–water partition coefficient (Wildman–Crippen LogP) is 9.63. The quantitative estimate of drug-likeness (QED) is 0.133. The summed E-state index contributed by atoms with van der Waals surface area (Å²) in [4.78, 5) is 9.17. The summed E-state index contributed by atoms with van der Waals surface area (Å²) >= 11 is -0.106. The van der Waals surface area contributed by atoms with E-state index in [1.54, 1.807) is 0 Å². The van der Waals surface area contributed by atoms with E-state index in [-0.39, 0.29) is 15.9 Å². The topological polar surface area (TPSA) is 13.0 Å². The van der Waals surface area contributed by atoms with Gasteiger partial charge < -0.3 is 0 Å². The van der Waals surface area contributed by atoms with Crippen molar-refractivity contribution in [1.29, 1.82) is 0 Å². The SMILES string of the molecule is CCc1ccc(CN2[C]N(Cc3ccc(CC)cc3)CC2)cc1.CCc1ccc(CN2[C]N(Cc3ccc(CC)cc3)CC2)cc1.[Cl][Pd][Cl]. The van der Waals surface area contributed by atoms with E-state index < -0.39 is 0 Å². The van der Waals surface area contributed by atoms with Gasteiger partial charge >= 0.3 is 35.0 Å². The van der Waals surface area contributed by atoms with Crippen LogP contribution in [0, 0.1) is 13.3 Å². The molecular formula is C42H52Cl2N4Pd. The summed E-state index contributed by atoms with van der Waals surface area (Å²) in [5, 5.41) is 0. The summed E-state index contributed by atoms with van der Waals surface area (Å²) < 4.78 is 0. The Morgan fingerprint density at radius 2 is 0.551 bits per heavy atom. The number of nitrogens with zero attached hydrogens (tertiary/aromatic N) is 4. The summed E-state index contributed by atoms with van der Waals surface area (Å²) in [6, 6.07) is 35.8. The van der Waals surface area contributed by atoms with E-state index in [9.17, 15) is 0 Å². The Hall–Kier alpha value is -2.04. The molecule has 4 aromatic rings. The Morgan fingerprint density at radius 3 is 0.714 bits per heavy atom. The molecule has 0 amide bonds. The van der Waals surface area contributed by atoms with Crippen LogP contribution in [0.3, 0.4) is 0 Å². The molecule has 4 aromatic carbocycles. The van der Waals surface area contributed by atoms with Gasteiger partial charge in [-0.2, -0.15) is 0 Å². The molecule has 2 heterocycles. The molecule has 0 bridgehead atoms. The fourth-order valence-electron chi connectivity index (χ4n) is 5.94. The fraction of sp³-hybridized carbons (Fsp3) is 0.381. The monoisotopic (exact) mass is 788 g/mol. The van der Waals surface area contributed by atoms with E-state index in [0.29, 0.717) is 0 Å². The normalized spacial score (nSPS) is 15.6. The van der Waals surface area contributed by atoms with Crippen LogP contribution in [0.25, 0.3) is 0 Å². The first-order chi connectivity index (χ1) is 23.9. The van der Waals surface area contributed by atoms with Crippen molar-refractivity contribution in [3.63, 3.8) is 0 Å². The van der Waals surface area contributed by atoms with Crippen molar-refractivity contribution in [3.05, 3.63) is 155 Å². The second kappa shape index (κ2) is 22.0. The van der Waals surface area contributed by atoms with Crippen LogP contribution in [0.1, 0.15) is 72.2 Å². The van der Waals surface area contributed by atoms with Crippen LogP contribution in [0.15, 0.2) is 97.1 Å². The third-order valence-corrected chi connectivity index (χ3v) is 9.06. The number of hydrogen-bond acceptors (Lipinski definition) is 4. The van der Waals surface area contributed by atoms with E-state index in [4.69, 9.17) is 19.1 Å². The Labute approximate surface area is 313 Å². The van der Waals surface area contributed by atoms with Gasteiger partial charge in [0.1, 0.15) is 13.3 Å². The maximum atomic E-state index is 4.81. The van der Waals surface area contributed by atoms with Gasteiger partial charge in [-0.25, -0.2) is 0 Å². The van der Waals surface area contributed by atoms with Crippen molar-refractivity contribution >= 4 is 19.1 Å². The predicted molar refractivity (Wildman–Crippen MR) is 203 cm³/mol. The van der Waals surface area contributed by atoms with Gasteiger partial charge in [0.05, 0.1) is 0 Å². The Kier molecular flexibility index (Phi) is 17.9. The molecule has 2 fully saturated rings. The van der Waals surface area contributed by atoms with Crippen LogP contribution >= 0.6 is 19.1 Å². The number of rotatable bonds is 12. The molecule has 0 atom stereocenters. The molecule has 0 unspecified atom stereocenters. The number of benzene rings is 4. The molecular weight excluding hydrogens is 738 g/mol. The van der Waals surface area contributed by atoms with Gasteiger partial charge in [0.15, 0.2) is 0 Å². The first kappa shape index (κ1) is 39.7. The molecule has 2 aliphatic heterocycles. The van der Waals surface area contributed by atoms with E-state index >= 15 is 0 Å². The standard InChI is InChI=1S/2C21H26N2.2ClH.Pd/c2*1-3-18-5-9-20(10-6-18)15-22-13-14-23(17-22)16-21-11-7-19(4-2)8-12-21;;;/h2*5-12H,3-4,13-16H2,1-2H3;2*1H;/q;;;;+2/p-2. The molecule has 2 aliphatic rings. The van der Waals surface area contributed by atoms with Crippen molar-refractivity contribution in [2.24, 2.45) is 0 Å². The molecule has 0 spiro atoms. The van der Waals surface area contributed by atoms with Crippen LogP contribution in [0.2, 0.25) is 0 Å². The van der Waals surface area contributed by atoms with Crippen LogP contribution in [-0.2, 0) is 67.8 Å². The Balaban J connectivity index is 0.000000205. The van der Waals surface area contributed by atoms with Crippen molar-refractivity contribution < 1.29 is 15.9 Å². The van der Waals surface area contributed by atoms with Gasteiger partial charge in [0.25, 0.3) is 0 Å². The second-order valence-electron chi connectivity index (χ2n) is 12.6. The first-order valence-corrected chi connectivity index (χ1v) is 21.6. The number of halogens is 2. The molecule has 0 saturated carbocycles. The summed E-state index contributed by atoms with van der Waals surface area (Å²) in [5.74, 6) is 0. The van der Waals surface area contributed by atoms with Crippen molar-refractivity contribution in [3.8, 4) is 0 Å². The van der Waals surface area contributed by atoms with Gasteiger partial charge in [-0.15, -0.1) is 0 Å². The van der Waals surface area contributed by atoms with E-state index in [2.05, 4.69) is 158 Å². The summed E-state index contributed by atoms with van der Waals surface area (Å²) in [6.07, 6.45) is 4.42.